The summed E-state index contributed by atoms with van der Waals surface area (Å²) in [6, 6.07) is 11.9. The van der Waals surface area contributed by atoms with E-state index in [9.17, 15) is 13.2 Å². The molecule has 9 nitrogen and oxygen atoms in total. The molecule has 0 unspecified atom stereocenters. The highest BCUT2D eigenvalue weighted by atomic mass is 32.2. The predicted molar refractivity (Wildman–Crippen MR) is 115 cm³/mol. The van der Waals surface area contributed by atoms with Gasteiger partial charge in [-0.1, -0.05) is 6.07 Å². The third-order valence-corrected chi connectivity index (χ3v) is 6.31. The molecule has 0 bridgehead atoms. The van der Waals surface area contributed by atoms with Gasteiger partial charge in [0.2, 0.25) is 15.9 Å². The van der Waals surface area contributed by atoms with E-state index in [1.807, 2.05) is 12.1 Å². The van der Waals surface area contributed by atoms with Gasteiger partial charge in [0.15, 0.2) is 10.6 Å². The number of sulfonamides is 1. The van der Waals surface area contributed by atoms with Crippen LogP contribution in [0.4, 0.5) is 5.69 Å². The molecule has 0 radical (unpaired) electrons. The molecular formula is C19H21N5O4S2. The normalized spacial score (nSPS) is 11.3. The van der Waals surface area contributed by atoms with E-state index < -0.39 is 10.0 Å². The topological polar surface area (TPSA) is 118 Å². The fourth-order valence-electron chi connectivity index (χ4n) is 2.85. The minimum atomic E-state index is -3.64. The molecule has 1 heterocycles. The van der Waals surface area contributed by atoms with E-state index in [1.54, 1.807) is 42.9 Å². The number of carbonyl (C=O) groups is 1. The van der Waals surface area contributed by atoms with Crippen LogP contribution >= 0.6 is 12.2 Å². The maximum absolute atomic E-state index is 12.6. The molecule has 0 fully saturated rings. The second-order valence-electron chi connectivity index (χ2n) is 6.40. The van der Waals surface area contributed by atoms with Gasteiger partial charge >= 0.3 is 0 Å². The van der Waals surface area contributed by atoms with Crippen molar-refractivity contribution in [2.24, 2.45) is 0 Å². The number of aromatic amines is 1. The molecule has 0 aliphatic carbocycles. The number of aromatic nitrogens is 3. The summed E-state index contributed by atoms with van der Waals surface area (Å²) >= 11 is 5.26. The molecule has 0 spiro atoms. The fourth-order valence-corrected chi connectivity index (χ4v) is 4.04. The highest BCUT2D eigenvalue weighted by Gasteiger charge is 2.17. The van der Waals surface area contributed by atoms with Crippen molar-refractivity contribution >= 4 is 33.8 Å². The summed E-state index contributed by atoms with van der Waals surface area (Å²) in [5.41, 5.74) is 1.69. The third-order valence-electron chi connectivity index (χ3n) is 4.44. The van der Waals surface area contributed by atoms with Crippen LogP contribution in [0.1, 0.15) is 5.56 Å². The number of nitrogens with zero attached hydrogens (tertiary/aromatic N) is 2. The van der Waals surface area contributed by atoms with Gasteiger partial charge in [-0.15, -0.1) is 0 Å². The average Bonchev–Trinajstić information content (AvgIpc) is 3.09. The largest absolute Gasteiger partial charge is 0.497 e. The summed E-state index contributed by atoms with van der Waals surface area (Å²) in [5, 5.41) is 9.61. The lowest BCUT2D eigenvalue weighted by molar-refractivity contribution is -0.116. The lowest BCUT2D eigenvalue weighted by Gasteiger charge is -2.11. The number of H-pyrrole nitrogens is 1. The number of anilines is 1. The maximum Gasteiger partial charge on any atom is 0.244 e. The van der Waals surface area contributed by atoms with Gasteiger partial charge in [-0.25, -0.2) is 13.1 Å². The first-order chi connectivity index (χ1) is 14.2. The van der Waals surface area contributed by atoms with Crippen molar-refractivity contribution in [3.05, 3.63) is 52.8 Å². The van der Waals surface area contributed by atoms with Crippen LogP contribution < -0.4 is 14.8 Å². The number of benzene rings is 2. The van der Waals surface area contributed by atoms with Gasteiger partial charge < -0.3 is 10.1 Å². The van der Waals surface area contributed by atoms with Gasteiger partial charge in [0.05, 0.1) is 12.0 Å². The van der Waals surface area contributed by atoms with Gasteiger partial charge in [0.1, 0.15) is 12.3 Å². The zero-order valence-corrected chi connectivity index (χ0v) is 18.2. The molecule has 3 rings (SSSR count). The fraction of sp³-hybridized carbons (Fsp3) is 0.211. The van der Waals surface area contributed by atoms with E-state index in [4.69, 9.17) is 17.0 Å². The molecule has 0 atom stereocenters. The number of nitrogens with one attached hydrogen (secondary N) is 3. The molecule has 0 aliphatic rings. The SMILES string of the molecule is CNS(=O)(=O)c1cc(NC(=O)Cn2c(-c3ccc(OC)cc3)n[nH]c2=S)ccc1C. The van der Waals surface area contributed by atoms with Crippen LogP contribution in [0.5, 0.6) is 5.75 Å². The van der Waals surface area contributed by atoms with Crippen molar-refractivity contribution in [1.82, 2.24) is 19.5 Å². The Kier molecular flexibility index (Phi) is 6.34. The monoisotopic (exact) mass is 447 g/mol. The predicted octanol–water partition coefficient (Wildman–Crippen LogP) is 2.47. The number of carbonyl (C=O) groups excluding carboxylic acids is 1. The first-order valence-electron chi connectivity index (χ1n) is 8.89. The first kappa shape index (κ1) is 21.7. The number of aryl methyl sites for hydroxylation is 1. The Bertz CT molecular complexity index is 1230. The molecule has 3 aromatic rings. The number of amides is 1. The minimum Gasteiger partial charge on any atom is -0.497 e. The van der Waals surface area contributed by atoms with Crippen molar-refractivity contribution in [3.63, 3.8) is 0 Å². The molecule has 0 aliphatic heterocycles. The van der Waals surface area contributed by atoms with Crippen LogP contribution in [-0.4, -0.2) is 43.2 Å². The summed E-state index contributed by atoms with van der Waals surface area (Å²) < 4.78 is 33.6. The van der Waals surface area contributed by atoms with Crippen LogP contribution in [0.15, 0.2) is 47.4 Å². The van der Waals surface area contributed by atoms with E-state index in [-0.39, 0.29) is 17.3 Å². The van der Waals surface area contributed by atoms with E-state index in [0.717, 1.165) is 5.56 Å². The molecule has 3 N–H and O–H groups in total. The highest BCUT2D eigenvalue weighted by Crippen LogP contribution is 2.22. The molecule has 2 aromatic carbocycles. The average molecular weight is 448 g/mol. The van der Waals surface area contributed by atoms with Gasteiger partial charge in [-0.3, -0.25) is 14.5 Å². The Balaban J connectivity index is 1.83. The number of rotatable bonds is 7. The standard InChI is InChI=1S/C19H21N5O4S2/c1-12-4-7-14(10-16(12)30(26,27)20-2)21-17(25)11-24-18(22-23-19(24)29)13-5-8-15(28-3)9-6-13/h4-10,20H,11H2,1-3H3,(H,21,25)(H,23,29). The van der Waals surface area contributed by atoms with Crippen LogP contribution in [0, 0.1) is 11.7 Å². The quantitative estimate of drug-likeness (QED) is 0.479. The first-order valence-corrected chi connectivity index (χ1v) is 10.8. The van der Waals surface area contributed by atoms with Crippen molar-refractivity contribution in [3.8, 4) is 17.1 Å². The van der Waals surface area contributed by atoms with Crippen molar-refractivity contribution < 1.29 is 17.9 Å². The van der Waals surface area contributed by atoms with E-state index in [1.165, 1.54) is 13.1 Å². The lowest BCUT2D eigenvalue weighted by atomic mass is 10.2. The smallest absolute Gasteiger partial charge is 0.244 e. The zero-order chi connectivity index (χ0) is 21.9. The second-order valence-corrected chi connectivity index (χ2v) is 8.64. The summed E-state index contributed by atoms with van der Waals surface area (Å²) in [7, 11) is -0.729. The van der Waals surface area contributed by atoms with E-state index in [0.29, 0.717) is 27.6 Å². The molecule has 11 heteroatoms. The molecule has 0 saturated carbocycles. The molecule has 30 heavy (non-hydrogen) atoms. The van der Waals surface area contributed by atoms with Gasteiger partial charge in [-0.2, -0.15) is 5.10 Å². The van der Waals surface area contributed by atoms with Crippen LogP contribution in [0.2, 0.25) is 0 Å². The van der Waals surface area contributed by atoms with Crippen LogP contribution in [0.3, 0.4) is 0 Å². The Morgan fingerprint density at radius 1 is 1.23 bits per heavy atom. The summed E-state index contributed by atoms with van der Waals surface area (Å²) in [6.45, 7) is 1.58. The molecular weight excluding hydrogens is 426 g/mol. The Hall–Kier alpha value is -3.02. The highest BCUT2D eigenvalue weighted by molar-refractivity contribution is 7.89. The van der Waals surface area contributed by atoms with Crippen molar-refractivity contribution in [2.75, 3.05) is 19.5 Å². The second kappa shape index (κ2) is 8.78. The van der Waals surface area contributed by atoms with Gasteiger partial charge in [-0.05, 0) is 68.2 Å². The Morgan fingerprint density at radius 2 is 1.93 bits per heavy atom. The molecule has 1 aromatic heterocycles. The van der Waals surface area contributed by atoms with Gasteiger partial charge in [0, 0.05) is 11.3 Å². The van der Waals surface area contributed by atoms with E-state index >= 15 is 0 Å². The lowest BCUT2D eigenvalue weighted by Crippen LogP contribution is -2.21. The van der Waals surface area contributed by atoms with Gasteiger partial charge in [0.25, 0.3) is 0 Å². The zero-order valence-electron chi connectivity index (χ0n) is 16.6. The number of methoxy groups -OCH3 is 1. The number of ether oxygens (including phenoxy) is 1. The third kappa shape index (κ3) is 4.58. The summed E-state index contributed by atoms with van der Waals surface area (Å²) in [4.78, 5) is 12.7. The van der Waals surface area contributed by atoms with Crippen LogP contribution in [0.25, 0.3) is 11.4 Å². The molecule has 0 saturated heterocycles. The Morgan fingerprint density at radius 3 is 2.57 bits per heavy atom. The number of hydrogen-bond acceptors (Lipinski definition) is 6. The number of hydrogen-bond donors (Lipinski definition) is 3. The van der Waals surface area contributed by atoms with Crippen LogP contribution in [-0.2, 0) is 21.4 Å². The maximum atomic E-state index is 12.6. The van der Waals surface area contributed by atoms with E-state index in [2.05, 4.69) is 20.2 Å². The Labute approximate surface area is 179 Å². The molecule has 158 valence electrons. The van der Waals surface area contributed by atoms with Crippen molar-refractivity contribution in [1.29, 1.82) is 0 Å². The minimum absolute atomic E-state index is 0.0985. The van der Waals surface area contributed by atoms with Crippen molar-refractivity contribution in [2.45, 2.75) is 18.4 Å². The summed E-state index contributed by atoms with van der Waals surface area (Å²) in [6.07, 6.45) is 0. The summed E-state index contributed by atoms with van der Waals surface area (Å²) in [5.74, 6) is 0.822. The molecule has 1 amide bonds.